The summed E-state index contributed by atoms with van der Waals surface area (Å²) in [5.74, 6) is 0.805. The summed E-state index contributed by atoms with van der Waals surface area (Å²) in [4.78, 5) is 0. The van der Waals surface area contributed by atoms with Crippen molar-refractivity contribution in [3.05, 3.63) is 59.7 Å². The van der Waals surface area contributed by atoms with E-state index in [0.29, 0.717) is 0 Å². The van der Waals surface area contributed by atoms with Crippen LogP contribution in [0.2, 0.25) is 0 Å². The molecule has 0 saturated heterocycles. The zero-order valence-electron chi connectivity index (χ0n) is 10.1. The molecule has 2 aromatic carbocycles. The van der Waals surface area contributed by atoms with Crippen LogP contribution in [0.3, 0.4) is 0 Å². The van der Waals surface area contributed by atoms with E-state index in [2.05, 4.69) is 55.5 Å². The Morgan fingerprint density at radius 1 is 0.882 bits per heavy atom. The Kier molecular flexibility index (Phi) is 3.99. The van der Waals surface area contributed by atoms with Crippen LogP contribution in [0, 0.1) is 5.92 Å². The molecule has 0 saturated carbocycles. The fourth-order valence-electron chi connectivity index (χ4n) is 2.75. The first-order valence-corrected chi connectivity index (χ1v) is 6.01. The van der Waals surface area contributed by atoms with E-state index >= 15 is 0 Å². The number of hydrogen-bond donors (Lipinski definition) is 0. The van der Waals surface area contributed by atoms with E-state index in [-0.39, 0.29) is 26.2 Å². The third kappa shape index (κ3) is 2.45. The van der Waals surface area contributed by atoms with Crippen LogP contribution in [-0.2, 0) is 39.0 Å². The van der Waals surface area contributed by atoms with E-state index in [1.54, 1.807) is 11.1 Å². The first-order chi connectivity index (χ1) is 7.84. The molecule has 2 aromatic rings. The molecule has 1 aliphatic rings. The second-order valence-electron chi connectivity index (χ2n) is 4.82. The molecule has 0 fully saturated rings. The predicted molar refractivity (Wildman–Crippen MR) is 68.5 cm³/mol. The van der Waals surface area contributed by atoms with Crippen molar-refractivity contribution in [3.63, 3.8) is 0 Å². The van der Waals surface area contributed by atoms with Crippen LogP contribution in [-0.4, -0.2) is 0 Å². The monoisotopic (exact) mass is 298 g/mol. The summed E-state index contributed by atoms with van der Waals surface area (Å²) in [6.45, 7) is 2.34. The average molecular weight is 300 g/mol. The maximum Gasteiger partial charge on any atom is 0 e. The third-order valence-corrected chi connectivity index (χ3v) is 3.48. The number of rotatable bonds is 1. The minimum absolute atomic E-state index is 0. The molecule has 0 heterocycles. The van der Waals surface area contributed by atoms with Gasteiger partial charge in [0.05, 0.1) is 0 Å². The minimum atomic E-state index is 0. The van der Waals surface area contributed by atoms with E-state index in [9.17, 15) is 0 Å². The molecular formula is C16H16Zr. The summed E-state index contributed by atoms with van der Waals surface area (Å²) in [5, 5.41) is 0. The van der Waals surface area contributed by atoms with Crippen molar-refractivity contribution in [1.29, 1.82) is 0 Å². The van der Waals surface area contributed by atoms with Gasteiger partial charge in [-0.05, 0) is 41.0 Å². The molecule has 0 N–H and O–H groups in total. The average Bonchev–Trinajstić information content (AvgIpc) is 2.70. The van der Waals surface area contributed by atoms with Crippen LogP contribution >= 0.6 is 0 Å². The van der Waals surface area contributed by atoms with Crippen LogP contribution in [0.1, 0.15) is 18.1 Å². The number of fused-ring (bicyclic) bond motifs is 1. The molecule has 0 aromatic heterocycles. The summed E-state index contributed by atoms with van der Waals surface area (Å²) in [5.41, 5.74) is 5.91. The van der Waals surface area contributed by atoms with Crippen LogP contribution in [0.25, 0.3) is 11.1 Å². The molecule has 1 aliphatic carbocycles. The Labute approximate surface area is 122 Å². The second-order valence-corrected chi connectivity index (χ2v) is 4.82. The SMILES string of the molecule is CC1Cc2cccc(-c3ccccc3)c2C1.[Zr]. The summed E-state index contributed by atoms with van der Waals surface area (Å²) < 4.78 is 0. The van der Waals surface area contributed by atoms with Crippen molar-refractivity contribution < 1.29 is 26.2 Å². The van der Waals surface area contributed by atoms with Gasteiger partial charge in [0.1, 0.15) is 0 Å². The van der Waals surface area contributed by atoms with Gasteiger partial charge in [0.25, 0.3) is 0 Å². The van der Waals surface area contributed by atoms with E-state index in [0.717, 1.165) is 5.92 Å². The summed E-state index contributed by atoms with van der Waals surface area (Å²) in [6, 6.07) is 17.5. The van der Waals surface area contributed by atoms with Gasteiger partial charge in [0, 0.05) is 26.2 Å². The molecule has 0 nitrogen and oxygen atoms in total. The molecule has 1 atom stereocenters. The molecule has 0 radical (unpaired) electrons. The standard InChI is InChI=1S/C16H16.Zr/c1-12-10-14-8-5-9-15(16(14)11-12)13-6-3-2-4-7-13;/h2-9,12H,10-11H2,1H3;. The molecular weight excluding hydrogens is 283 g/mol. The molecule has 0 aliphatic heterocycles. The third-order valence-electron chi connectivity index (χ3n) is 3.48. The number of hydrogen-bond acceptors (Lipinski definition) is 0. The van der Waals surface area contributed by atoms with Gasteiger partial charge in [-0.2, -0.15) is 0 Å². The molecule has 1 unspecified atom stereocenters. The van der Waals surface area contributed by atoms with Crippen LogP contribution < -0.4 is 0 Å². The van der Waals surface area contributed by atoms with Crippen molar-refractivity contribution in [3.8, 4) is 11.1 Å². The van der Waals surface area contributed by atoms with Crippen LogP contribution in [0.5, 0.6) is 0 Å². The zero-order valence-corrected chi connectivity index (χ0v) is 12.6. The molecule has 3 rings (SSSR count). The summed E-state index contributed by atoms with van der Waals surface area (Å²) in [6.07, 6.45) is 2.48. The molecule has 0 spiro atoms. The van der Waals surface area contributed by atoms with Gasteiger partial charge in [0.2, 0.25) is 0 Å². The molecule has 0 amide bonds. The van der Waals surface area contributed by atoms with Crippen molar-refractivity contribution in [2.24, 2.45) is 5.92 Å². The smallest absolute Gasteiger partial charge is 0 e. The molecule has 17 heavy (non-hydrogen) atoms. The van der Waals surface area contributed by atoms with Gasteiger partial charge in [-0.3, -0.25) is 0 Å². The molecule has 0 bridgehead atoms. The van der Waals surface area contributed by atoms with Crippen molar-refractivity contribution >= 4 is 0 Å². The summed E-state index contributed by atoms with van der Waals surface area (Å²) in [7, 11) is 0. The first-order valence-electron chi connectivity index (χ1n) is 6.01. The fraction of sp³-hybridized carbons (Fsp3) is 0.250. The first kappa shape index (κ1) is 12.8. The van der Waals surface area contributed by atoms with E-state index in [1.807, 2.05) is 0 Å². The fourth-order valence-corrected chi connectivity index (χ4v) is 2.75. The maximum atomic E-state index is 2.34. The van der Waals surface area contributed by atoms with E-state index < -0.39 is 0 Å². The second kappa shape index (κ2) is 5.31. The summed E-state index contributed by atoms with van der Waals surface area (Å²) >= 11 is 0. The Bertz CT molecular complexity index is 502. The Morgan fingerprint density at radius 3 is 2.41 bits per heavy atom. The molecule has 84 valence electrons. The largest absolute Gasteiger partial charge is 0.0622 e. The van der Waals surface area contributed by atoms with Gasteiger partial charge in [0.15, 0.2) is 0 Å². The Morgan fingerprint density at radius 2 is 1.65 bits per heavy atom. The number of benzene rings is 2. The maximum absolute atomic E-state index is 2.34. The van der Waals surface area contributed by atoms with Crippen LogP contribution in [0.4, 0.5) is 0 Å². The zero-order chi connectivity index (χ0) is 11.0. The van der Waals surface area contributed by atoms with Gasteiger partial charge in [-0.25, -0.2) is 0 Å². The topological polar surface area (TPSA) is 0 Å². The van der Waals surface area contributed by atoms with Gasteiger partial charge in [-0.15, -0.1) is 0 Å². The van der Waals surface area contributed by atoms with Gasteiger partial charge >= 0.3 is 0 Å². The Hall–Kier alpha value is -0.677. The molecule has 1 heteroatoms. The van der Waals surface area contributed by atoms with Gasteiger partial charge < -0.3 is 0 Å². The van der Waals surface area contributed by atoms with Crippen molar-refractivity contribution in [1.82, 2.24) is 0 Å². The normalized spacial score (nSPS) is 17.4. The van der Waals surface area contributed by atoms with E-state index in [1.165, 1.54) is 24.0 Å². The van der Waals surface area contributed by atoms with Crippen molar-refractivity contribution in [2.75, 3.05) is 0 Å². The van der Waals surface area contributed by atoms with Crippen LogP contribution in [0.15, 0.2) is 48.5 Å². The van der Waals surface area contributed by atoms with Crippen molar-refractivity contribution in [2.45, 2.75) is 19.8 Å². The Balaban J connectivity index is 0.00000108. The van der Waals surface area contributed by atoms with E-state index in [4.69, 9.17) is 0 Å². The minimum Gasteiger partial charge on any atom is -0.0622 e. The van der Waals surface area contributed by atoms with Gasteiger partial charge in [-0.1, -0.05) is 55.5 Å². The quantitative estimate of drug-likeness (QED) is 0.744. The predicted octanol–water partition coefficient (Wildman–Crippen LogP) is 4.09.